The Morgan fingerprint density at radius 1 is 1.05 bits per heavy atom. The maximum atomic E-state index is 6.15. The van der Waals surface area contributed by atoms with Crippen LogP contribution in [-0.4, -0.2) is 17.3 Å². The molecule has 0 N–H and O–H groups in total. The number of nitrogens with zero attached hydrogens (tertiary/aromatic N) is 2. The molecule has 0 saturated heterocycles. The van der Waals surface area contributed by atoms with Gasteiger partial charge in [0.15, 0.2) is 0 Å². The summed E-state index contributed by atoms with van der Waals surface area (Å²) < 4.78 is 10.6. The fourth-order valence-electron chi connectivity index (χ4n) is 1.93. The Labute approximate surface area is 131 Å². The van der Waals surface area contributed by atoms with Crippen molar-refractivity contribution in [1.82, 2.24) is 10.1 Å². The first-order chi connectivity index (χ1) is 10.2. The molecule has 0 saturated carbocycles. The van der Waals surface area contributed by atoms with Crippen molar-refractivity contribution >= 4 is 23.2 Å². The van der Waals surface area contributed by atoms with Gasteiger partial charge in [0.2, 0.25) is 5.82 Å². The van der Waals surface area contributed by atoms with Gasteiger partial charge in [-0.1, -0.05) is 40.5 Å². The van der Waals surface area contributed by atoms with E-state index in [4.69, 9.17) is 32.5 Å². The first kappa shape index (κ1) is 13.9. The predicted octanol–water partition coefficient (Wildman–Crippen LogP) is 4.72. The van der Waals surface area contributed by atoms with E-state index >= 15 is 0 Å². The number of benzene rings is 2. The van der Waals surface area contributed by atoms with E-state index in [1.807, 2.05) is 24.3 Å². The number of halogens is 2. The monoisotopic (exact) mass is 320 g/mol. The molecule has 1 heterocycles. The van der Waals surface area contributed by atoms with Gasteiger partial charge in [-0.25, -0.2) is 0 Å². The molecule has 0 bridgehead atoms. The van der Waals surface area contributed by atoms with Gasteiger partial charge in [-0.05, 0) is 30.3 Å². The zero-order valence-electron chi connectivity index (χ0n) is 11.0. The summed E-state index contributed by atoms with van der Waals surface area (Å²) in [6.07, 6.45) is 0. The average molecular weight is 321 g/mol. The van der Waals surface area contributed by atoms with Crippen molar-refractivity contribution < 1.29 is 9.26 Å². The highest BCUT2D eigenvalue weighted by atomic mass is 35.5. The third-order valence-electron chi connectivity index (χ3n) is 2.94. The fourth-order valence-corrected chi connectivity index (χ4v) is 2.43. The van der Waals surface area contributed by atoms with Crippen LogP contribution < -0.4 is 4.74 Å². The van der Waals surface area contributed by atoms with Crippen LogP contribution in [0.15, 0.2) is 47.0 Å². The normalized spacial score (nSPS) is 10.6. The molecular weight excluding hydrogens is 311 g/mol. The molecule has 3 rings (SSSR count). The Morgan fingerprint density at radius 3 is 2.62 bits per heavy atom. The molecule has 0 amide bonds. The Bertz CT molecular complexity index is 787. The van der Waals surface area contributed by atoms with E-state index in [1.54, 1.807) is 25.3 Å². The molecule has 0 aliphatic carbocycles. The number of hydrogen-bond acceptors (Lipinski definition) is 4. The lowest BCUT2D eigenvalue weighted by atomic mass is 10.2. The second kappa shape index (κ2) is 5.76. The Hall–Kier alpha value is -2.04. The summed E-state index contributed by atoms with van der Waals surface area (Å²) in [6, 6.07) is 12.5. The van der Waals surface area contributed by atoms with Crippen LogP contribution in [0.4, 0.5) is 0 Å². The van der Waals surface area contributed by atoms with Crippen molar-refractivity contribution in [2.75, 3.05) is 7.11 Å². The van der Waals surface area contributed by atoms with Gasteiger partial charge in [0, 0.05) is 10.6 Å². The van der Waals surface area contributed by atoms with Crippen LogP contribution in [0.1, 0.15) is 0 Å². The smallest absolute Gasteiger partial charge is 0.262 e. The van der Waals surface area contributed by atoms with Crippen molar-refractivity contribution in [2.45, 2.75) is 0 Å². The van der Waals surface area contributed by atoms with Gasteiger partial charge in [0.05, 0.1) is 17.7 Å². The summed E-state index contributed by atoms with van der Waals surface area (Å²) in [5, 5.41) is 4.98. The van der Waals surface area contributed by atoms with Gasteiger partial charge in [0.25, 0.3) is 5.89 Å². The average Bonchev–Trinajstić information content (AvgIpc) is 2.96. The first-order valence-corrected chi connectivity index (χ1v) is 6.87. The van der Waals surface area contributed by atoms with Crippen molar-refractivity contribution in [3.05, 3.63) is 52.5 Å². The minimum Gasteiger partial charge on any atom is -0.496 e. The second-order valence-corrected chi connectivity index (χ2v) is 5.09. The van der Waals surface area contributed by atoms with Gasteiger partial charge in [-0.3, -0.25) is 0 Å². The van der Waals surface area contributed by atoms with E-state index in [0.717, 1.165) is 5.56 Å². The van der Waals surface area contributed by atoms with Crippen LogP contribution in [-0.2, 0) is 0 Å². The van der Waals surface area contributed by atoms with Crippen molar-refractivity contribution in [2.24, 2.45) is 0 Å². The number of aromatic nitrogens is 2. The van der Waals surface area contributed by atoms with Crippen molar-refractivity contribution in [3.8, 4) is 28.6 Å². The molecule has 0 spiro atoms. The lowest BCUT2D eigenvalue weighted by Gasteiger charge is -2.02. The maximum Gasteiger partial charge on any atom is 0.262 e. The number of ether oxygens (including phenoxy) is 1. The molecule has 0 radical (unpaired) electrons. The molecule has 4 nitrogen and oxygen atoms in total. The van der Waals surface area contributed by atoms with Crippen LogP contribution >= 0.6 is 23.2 Å². The molecule has 2 aromatic carbocycles. The molecule has 0 fully saturated rings. The van der Waals surface area contributed by atoms with Crippen molar-refractivity contribution in [3.63, 3.8) is 0 Å². The lowest BCUT2D eigenvalue weighted by Crippen LogP contribution is -1.87. The highest BCUT2D eigenvalue weighted by molar-refractivity contribution is 6.36. The van der Waals surface area contributed by atoms with Crippen LogP contribution in [0.3, 0.4) is 0 Å². The Morgan fingerprint density at radius 2 is 1.86 bits per heavy atom. The van der Waals surface area contributed by atoms with Gasteiger partial charge in [-0.2, -0.15) is 4.98 Å². The third-order valence-corrected chi connectivity index (χ3v) is 3.48. The molecule has 0 atom stereocenters. The predicted molar refractivity (Wildman–Crippen MR) is 81.7 cm³/mol. The van der Waals surface area contributed by atoms with Crippen LogP contribution in [0, 0.1) is 0 Å². The van der Waals surface area contributed by atoms with Crippen LogP contribution in [0.2, 0.25) is 10.0 Å². The van der Waals surface area contributed by atoms with Gasteiger partial charge < -0.3 is 9.26 Å². The maximum absolute atomic E-state index is 6.15. The van der Waals surface area contributed by atoms with E-state index in [-0.39, 0.29) is 0 Å². The van der Waals surface area contributed by atoms with Gasteiger partial charge >= 0.3 is 0 Å². The van der Waals surface area contributed by atoms with E-state index < -0.39 is 0 Å². The van der Waals surface area contributed by atoms with Crippen LogP contribution in [0.25, 0.3) is 22.8 Å². The number of methoxy groups -OCH3 is 1. The fraction of sp³-hybridized carbons (Fsp3) is 0.0667. The standard InChI is InChI=1S/C15H10Cl2N2O2/c1-20-13-5-3-2-4-11(13)15-18-14(19-21-15)10-7-6-9(16)8-12(10)17/h2-8H,1H3. The van der Waals surface area contributed by atoms with Crippen molar-refractivity contribution in [1.29, 1.82) is 0 Å². The summed E-state index contributed by atoms with van der Waals surface area (Å²) in [7, 11) is 1.59. The largest absolute Gasteiger partial charge is 0.496 e. The summed E-state index contributed by atoms with van der Waals surface area (Å²) in [5.74, 6) is 1.43. The number of rotatable bonds is 3. The zero-order valence-corrected chi connectivity index (χ0v) is 12.5. The molecule has 0 aliphatic heterocycles. The quantitative estimate of drug-likeness (QED) is 0.700. The molecular formula is C15H10Cl2N2O2. The Balaban J connectivity index is 2.04. The summed E-state index contributed by atoms with van der Waals surface area (Å²) >= 11 is 12.0. The lowest BCUT2D eigenvalue weighted by molar-refractivity contribution is 0.405. The second-order valence-electron chi connectivity index (χ2n) is 4.25. The van der Waals surface area contributed by atoms with E-state index in [0.29, 0.717) is 33.1 Å². The topological polar surface area (TPSA) is 48.2 Å². The molecule has 21 heavy (non-hydrogen) atoms. The minimum absolute atomic E-state index is 0.369. The zero-order chi connectivity index (χ0) is 14.8. The summed E-state index contributed by atoms with van der Waals surface area (Å²) in [4.78, 5) is 4.36. The first-order valence-electron chi connectivity index (χ1n) is 6.11. The molecule has 0 unspecified atom stereocenters. The SMILES string of the molecule is COc1ccccc1-c1nc(-c2ccc(Cl)cc2Cl)no1. The number of hydrogen-bond donors (Lipinski definition) is 0. The van der Waals surface area contributed by atoms with E-state index in [9.17, 15) is 0 Å². The number of para-hydroxylation sites is 1. The summed E-state index contributed by atoms with van der Waals surface area (Å²) in [6.45, 7) is 0. The van der Waals surface area contributed by atoms with E-state index in [1.165, 1.54) is 0 Å². The summed E-state index contributed by atoms with van der Waals surface area (Å²) in [5.41, 5.74) is 1.38. The van der Waals surface area contributed by atoms with Gasteiger partial charge in [-0.15, -0.1) is 0 Å². The molecule has 3 aromatic rings. The Kier molecular flexibility index (Phi) is 3.82. The van der Waals surface area contributed by atoms with Crippen LogP contribution in [0.5, 0.6) is 5.75 Å². The minimum atomic E-state index is 0.369. The molecule has 106 valence electrons. The highest BCUT2D eigenvalue weighted by Gasteiger charge is 2.16. The third kappa shape index (κ3) is 2.73. The van der Waals surface area contributed by atoms with E-state index in [2.05, 4.69) is 10.1 Å². The highest BCUT2D eigenvalue weighted by Crippen LogP contribution is 2.32. The molecule has 0 aliphatic rings. The molecule has 6 heteroatoms. The van der Waals surface area contributed by atoms with Gasteiger partial charge in [0.1, 0.15) is 5.75 Å². The molecule has 1 aromatic heterocycles.